The molecule has 3 atom stereocenters. The molecular weight excluding hydrogens is 234 g/mol. The van der Waals surface area contributed by atoms with E-state index in [2.05, 4.69) is 42.7 Å². The van der Waals surface area contributed by atoms with Crippen molar-refractivity contribution in [3.8, 4) is 0 Å². The van der Waals surface area contributed by atoms with Gasteiger partial charge in [-0.05, 0) is 50.3 Å². The highest BCUT2D eigenvalue weighted by Crippen LogP contribution is 2.38. The molecule has 2 aromatic rings. The van der Waals surface area contributed by atoms with E-state index in [9.17, 15) is 0 Å². The van der Waals surface area contributed by atoms with Crippen molar-refractivity contribution in [3.05, 3.63) is 30.1 Å². The SMILES string of the molecule is Cc1nc2ccccc2n1C1CC(C)CCC1CN. The van der Waals surface area contributed by atoms with E-state index in [1.54, 1.807) is 0 Å². The molecular formula is C16H23N3. The molecule has 0 aliphatic heterocycles. The molecule has 0 bridgehead atoms. The lowest BCUT2D eigenvalue weighted by molar-refractivity contribution is 0.199. The Morgan fingerprint density at radius 1 is 1.32 bits per heavy atom. The van der Waals surface area contributed by atoms with E-state index in [4.69, 9.17) is 10.7 Å². The topological polar surface area (TPSA) is 43.8 Å². The highest BCUT2D eigenvalue weighted by atomic mass is 15.1. The second-order valence-corrected chi connectivity index (χ2v) is 6.00. The minimum absolute atomic E-state index is 0.515. The van der Waals surface area contributed by atoms with Crippen molar-refractivity contribution in [1.29, 1.82) is 0 Å². The van der Waals surface area contributed by atoms with E-state index >= 15 is 0 Å². The molecule has 3 rings (SSSR count). The summed E-state index contributed by atoms with van der Waals surface area (Å²) in [5, 5.41) is 0. The second kappa shape index (κ2) is 4.97. The van der Waals surface area contributed by atoms with Crippen molar-refractivity contribution >= 4 is 11.0 Å². The Hall–Kier alpha value is -1.35. The van der Waals surface area contributed by atoms with Crippen LogP contribution in [0.5, 0.6) is 0 Å². The molecule has 1 aromatic heterocycles. The van der Waals surface area contributed by atoms with Crippen LogP contribution in [0.25, 0.3) is 11.0 Å². The second-order valence-electron chi connectivity index (χ2n) is 6.00. The van der Waals surface area contributed by atoms with Gasteiger partial charge in [0.15, 0.2) is 0 Å². The Bertz CT molecular complexity index is 572. The third-order valence-corrected chi connectivity index (χ3v) is 4.62. The molecule has 19 heavy (non-hydrogen) atoms. The Balaban J connectivity index is 2.08. The lowest BCUT2D eigenvalue weighted by Crippen LogP contribution is -2.32. The fourth-order valence-corrected chi connectivity index (χ4v) is 3.59. The number of rotatable bonds is 2. The zero-order valence-corrected chi connectivity index (χ0v) is 11.8. The Morgan fingerprint density at radius 2 is 2.11 bits per heavy atom. The van der Waals surface area contributed by atoms with Crippen molar-refractivity contribution < 1.29 is 0 Å². The number of hydrogen-bond acceptors (Lipinski definition) is 2. The van der Waals surface area contributed by atoms with Gasteiger partial charge >= 0.3 is 0 Å². The van der Waals surface area contributed by atoms with Gasteiger partial charge in [-0.15, -0.1) is 0 Å². The largest absolute Gasteiger partial charge is 0.330 e. The average Bonchev–Trinajstić information content (AvgIpc) is 2.74. The standard InChI is InChI=1S/C16H23N3/c1-11-7-8-13(10-17)16(9-11)19-12(2)18-14-5-3-4-6-15(14)19/h3-6,11,13,16H,7-10,17H2,1-2H3. The number of fused-ring (bicyclic) bond motifs is 1. The van der Waals surface area contributed by atoms with Crippen LogP contribution in [0, 0.1) is 18.8 Å². The quantitative estimate of drug-likeness (QED) is 0.897. The van der Waals surface area contributed by atoms with Gasteiger partial charge in [0.1, 0.15) is 5.82 Å². The first kappa shape index (κ1) is 12.7. The number of nitrogens with zero attached hydrogens (tertiary/aromatic N) is 2. The van der Waals surface area contributed by atoms with Crippen LogP contribution in [0.4, 0.5) is 0 Å². The number of aryl methyl sites for hydroxylation is 1. The van der Waals surface area contributed by atoms with Crippen LogP contribution < -0.4 is 5.73 Å². The molecule has 3 nitrogen and oxygen atoms in total. The van der Waals surface area contributed by atoms with Gasteiger partial charge in [0, 0.05) is 6.04 Å². The van der Waals surface area contributed by atoms with Gasteiger partial charge < -0.3 is 10.3 Å². The first-order chi connectivity index (χ1) is 9.20. The fraction of sp³-hybridized carbons (Fsp3) is 0.562. The van der Waals surface area contributed by atoms with Gasteiger partial charge in [0.05, 0.1) is 11.0 Å². The minimum Gasteiger partial charge on any atom is -0.330 e. The van der Waals surface area contributed by atoms with Gasteiger partial charge in [-0.3, -0.25) is 0 Å². The maximum absolute atomic E-state index is 6.01. The van der Waals surface area contributed by atoms with Gasteiger partial charge in [-0.1, -0.05) is 25.5 Å². The van der Waals surface area contributed by atoms with Crippen LogP contribution in [0.3, 0.4) is 0 Å². The predicted octanol–water partition coefficient (Wildman–Crippen LogP) is 3.28. The number of imidazole rings is 1. The van der Waals surface area contributed by atoms with Crippen LogP contribution in [0.2, 0.25) is 0 Å². The number of benzene rings is 1. The summed E-state index contributed by atoms with van der Waals surface area (Å²) in [4.78, 5) is 4.70. The summed E-state index contributed by atoms with van der Waals surface area (Å²) in [6, 6.07) is 8.96. The van der Waals surface area contributed by atoms with E-state index in [-0.39, 0.29) is 0 Å². The molecule has 1 aromatic carbocycles. The zero-order chi connectivity index (χ0) is 13.4. The van der Waals surface area contributed by atoms with Crippen molar-refractivity contribution in [3.63, 3.8) is 0 Å². The lowest BCUT2D eigenvalue weighted by Gasteiger charge is -2.36. The number of para-hydroxylation sites is 2. The Morgan fingerprint density at radius 3 is 2.89 bits per heavy atom. The summed E-state index contributed by atoms with van der Waals surface area (Å²) in [6.07, 6.45) is 3.78. The highest BCUT2D eigenvalue weighted by molar-refractivity contribution is 5.76. The summed E-state index contributed by atoms with van der Waals surface area (Å²) in [5.74, 6) is 2.50. The zero-order valence-electron chi connectivity index (χ0n) is 11.8. The van der Waals surface area contributed by atoms with E-state index in [1.165, 1.54) is 24.8 Å². The fourth-order valence-electron chi connectivity index (χ4n) is 3.59. The van der Waals surface area contributed by atoms with E-state index in [1.807, 2.05) is 0 Å². The van der Waals surface area contributed by atoms with E-state index in [0.29, 0.717) is 12.0 Å². The third-order valence-electron chi connectivity index (χ3n) is 4.62. The summed E-state index contributed by atoms with van der Waals surface area (Å²) in [6.45, 7) is 5.25. The van der Waals surface area contributed by atoms with Crippen LogP contribution in [0.1, 0.15) is 38.1 Å². The Kier molecular flexibility index (Phi) is 3.31. The maximum atomic E-state index is 6.01. The molecule has 1 aliphatic rings. The predicted molar refractivity (Wildman–Crippen MR) is 79.1 cm³/mol. The van der Waals surface area contributed by atoms with Gasteiger partial charge in [0.2, 0.25) is 0 Å². The van der Waals surface area contributed by atoms with Crippen molar-refractivity contribution in [2.45, 2.75) is 39.2 Å². The summed E-state index contributed by atoms with van der Waals surface area (Å²) < 4.78 is 2.43. The van der Waals surface area contributed by atoms with Crippen LogP contribution >= 0.6 is 0 Å². The summed E-state index contributed by atoms with van der Waals surface area (Å²) >= 11 is 0. The molecule has 1 heterocycles. The Labute approximate surface area is 114 Å². The van der Waals surface area contributed by atoms with E-state index in [0.717, 1.165) is 23.8 Å². The van der Waals surface area contributed by atoms with Gasteiger partial charge in [-0.2, -0.15) is 0 Å². The van der Waals surface area contributed by atoms with Crippen molar-refractivity contribution in [1.82, 2.24) is 9.55 Å². The molecule has 1 saturated carbocycles. The summed E-state index contributed by atoms with van der Waals surface area (Å²) in [7, 11) is 0. The molecule has 0 saturated heterocycles. The van der Waals surface area contributed by atoms with Crippen molar-refractivity contribution in [2.75, 3.05) is 6.54 Å². The number of aromatic nitrogens is 2. The van der Waals surface area contributed by atoms with E-state index < -0.39 is 0 Å². The van der Waals surface area contributed by atoms with Crippen molar-refractivity contribution in [2.24, 2.45) is 17.6 Å². The van der Waals surface area contributed by atoms with Crippen LogP contribution in [0.15, 0.2) is 24.3 Å². The molecule has 2 N–H and O–H groups in total. The maximum Gasteiger partial charge on any atom is 0.106 e. The monoisotopic (exact) mass is 257 g/mol. The molecule has 3 unspecified atom stereocenters. The first-order valence-electron chi connectivity index (χ1n) is 7.34. The molecule has 102 valence electrons. The van der Waals surface area contributed by atoms with Crippen LogP contribution in [-0.2, 0) is 0 Å². The number of nitrogens with two attached hydrogens (primary N) is 1. The molecule has 3 heteroatoms. The normalized spacial score (nSPS) is 27.8. The van der Waals surface area contributed by atoms with Gasteiger partial charge in [-0.25, -0.2) is 4.98 Å². The molecule has 0 amide bonds. The highest BCUT2D eigenvalue weighted by Gasteiger charge is 2.30. The molecule has 0 spiro atoms. The smallest absolute Gasteiger partial charge is 0.106 e. The number of hydrogen-bond donors (Lipinski definition) is 1. The summed E-state index contributed by atoms with van der Waals surface area (Å²) in [5.41, 5.74) is 8.37. The average molecular weight is 257 g/mol. The van der Waals surface area contributed by atoms with Gasteiger partial charge in [0.25, 0.3) is 0 Å². The molecule has 0 radical (unpaired) electrons. The minimum atomic E-state index is 0.515. The molecule has 1 fully saturated rings. The molecule has 1 aliphatic carbocycles. The van der Waals surface area contributed by atoms with Crippen LogP contribution in [-0.4, -0.2) is 16.1 Å². The third kappa shape index (κ3) is 2.16. The first-order valence-corrected chi connectivity index (χ1v) is 7.34. The lowest BCUT2D eigenvalue weighted by atomic mass is 9.79.